The molecule has 0 fully saturated rings. The van der Waals surface area contributed by atoms with Crippen molar-refractivity contribution in [3.05, 3.63) is 60.8 Å². The molecule has 59 heavy (non-hydrogen) atoms. The first kappa shape index (κ1) is 56.7. The van der Waals surface area contributed by atoms with Crippen molar-refractivity contribution < 1.29 is 37.6 Å². The van der Waals surface area contributed by atoms with Crippen LogP contribution < -0.4 is 5.73 Å². The number of phosphoric acid groups is 1. The zero-order valence-corrected chi connectivity index (χ0v) is 38.6. The molecule has 0 rings (SSSR count). The van der Waals surface area contributed by atoms with Crippen molar-refractivity contribution in [3.8, 4) is 0 Å². The Balaban J connectivity index is 4.21. The maximum atomic E-state index is 12.6. The van der Waals surface area contributed by atoms with Gasteiger partial charge in [-0.2, -0.15) is 0 Å². The fraction of sp³-hybridized carbons (Fsp3) is 0.755. The van der Waals surface area contributed by atoms with Crippen LogP contribution in [-0.2, 0) is 32.7 Å². The molecule has 3 N–H and O–H groups in total. The first-order chi connectivity index (χ1) is 28.8. The van der Waals surface area contributed by atoms with Gasteiger partial charge in [0.1, 0.15) is 6.61 Å². The highest BCUT2D eigenvalue weighted by Gasteiger charge is 2.26. The van der Waals surface area contributed by atoms with E-state index in [0.29, 0.717) is 12.8 Å². The van der Waals surface area contributed by atoms with Gasteiger partial charge in [0, 0.05) is 19.4 Å². The Kier molecular flexibility index (Phi) is 43.5. The van der Waals surface area contributed by atoms with Gasteiger partial charge in [-0.05, 0) is 77.0 Å². The normalized spacial score (nSPS) is 13.8. The third-order valence-corrected chi connectivity index (χ3v) is 10.9. The summed E-state index contributed by atoms with van der Waals surface area (Å²) in [5.74, 6) is -0.899. The van der Waals surface area contributed by atoms with E-state index in [1.54, 1.807) is 0 Å². The predicted molar refractivity (Wildman–Crippen MR) is 247 cm³/mol. The summed E-state index contributed by atoms with van der Waals surface area (Å²) in [7, 11) is -4.39. The molecular weight excluding hydrogens is 762 g/mol. The molecule has 0 spiro atoms. The fourth-order valence-electron chi connectivity index (χ4n) is 6.33. The highest BCUT2D eigenvalue weighted by Crippen LogP contribution is 2.43. The van der Waals surface area contributed by atoms with Crippen LogP contribution in [0.3, 0.4) is 0 Å². The molecular formula is C49H88NO8P. The molecule has 1 unspecified atom stereocenters. The Morgan fingerprint density at radius 2 is 0.898 bits per heavy atom. The van der Waals surface area contributed by atoms with Gasteiger partial charge >= 0.3 is 19.8 Å². The Bertz CT molecular complexity index is 1150. The smallest absolute Gasteiger partial charge is 0.462 e. The van der Waals surface area contributed by atoms with Crippen molar-refractivity contribution in [2.24, 2.45) is 5.73 Å². The summed E-state index contributed by atoms with van der Waals surface area (Å²) in [6.45, 7) is 3.67. The SMILES string of the molecule is CCCCCCCC/C=C/CCCCCCCCCC(=O)O[C@H](COC(=O)CCC/C=C/C/C=C/C/C=C/C/C=C/CCCCCCCCC)COP(=O)(O)OCCN. The zero-order chi connectivity index (χ0) is 43.2. The van der Waals surface area contributed by atoms with Crippen LogP contribution in [0.1, 0.15) is 206 Å². The van der Waals surface area contributed by atoms with Gasteiger partial charge in [-0.25, -0.2) is 4.57 Å². The van der Waals surface area contributed by atoms with Gasteiger partial charge in [0.05, 0.1) is 13.2 Å². The van der Waals surface area contributed by atoms with E-state index in [9.17, 15) is 19.0 Å². The number of phosphoric ester groups is 1. The molecule has 0 aromatic carbocycles. The van der Waals surface area contributed by atoms with Crippen LogP contribution >= 0.6 is 7.82 Å². The lowest BCUT2D eigenvalue weighted by Crippen LogP contribution is -2.29. The average Bonchev–Trinajstić information content (AvgIpc) is 3.22. The summed E-state index contributed by atoms with van der Waals surface area (Å²) >= 11 is 0. The molecule has 0 bridgehead atoms. The van der Waals surface area contributed by atoms with Crippen LogP contribution in [0, 0.1) is 0 Å². The van der Waals surface area contributed by atoms with E-state index in [0.717, 1.165) is 51.4 Å². The van der Waals surface area contributed by atoms with Crippen LogP contribution in [0.5, 0.6) is 0 Å². The minimum Gasteiger partial charge on any atom is -0.462 e. The summed E-state index contributed by atoms with van der Waals surface area (Å²) in [4.78, 5) is 34.9. The molecule has 0 aliphatic heterocycles. The Morgan fingerprint density at radius 1 is 0.508 bits per heavy atom. The Labute approximate surface area is 361 Å². The number of nitrogens with two attached hydrogens (primary N) is 1. The van der Waals surface area contributed by atoms with E-state index in [1.807, 2.05) is 0 Å². The van der Waals surface area contributed by atoms with E-state index in [2.05, 4.69) is 74.6 Å². The second-order valence-electron chi connectivity index (χ2n) is 15.6. The summed E-state index contributed by atoms with van der Waals surface area (Å²) in [6.07, 6.45) is 54.0. The standard InChI is InChI=1S/C49H88NO8P/c1-3-5-7-9-11-13-15-17-19-21-22-23-24-26-27-29-31-33-35-37-39-41-48(51)55-45-47(46-57-59(53,54)56-44-43-50)58-49(52)42-40-38-36-34-32-30-28-25-20-18-16-14-12-10-8-6-4-2/h18-21,23-24,27,29,33,35,47H,3-17,22,25-26,28,30-32,34,36-46,50H2,1-2H3,(H,53,54)/b20-18+,21-19+,24-23+,29-27+,35-33+/t47-/m1/s1. The number of rotatable bonds is 44. The second kappa shape index (κ2) is 45.2. The van der Waals surface area contributed by atoms with Crippen LogP contribution in [0.15, 0.2) is 60.8 Å². The minimum absolute atomic E-state index is 0.0435. The third kappa shape index (κ3) is 45.1. The number of ether oxygens (including phenoxy) is 2. The average molecular weight is 850 g/mol. The number of carbonyl (C=O) groups is 2. The molecule has 0 radical (unpaired) electrons. The van der Waals surface area contributed by atoms with Crippen molar-refractivity contribution in [1.82, 2.24) is 0 Å². The van der Waals surface area contributed by atoms with E-state index in [4.69, 9.17) is 24.3 Å². The lowest BCUT2D eigenvalue weighted by Gasteiger charge is -2.19. The van der Waals surface area contributed by atoms with Gasteiger partial charge in [0.15, 0.2) is 6.10 Å². The van der Waals surface area contributed by atoms with Crippen LogP contribution in [0.2, 0.25) is 0 Å². The van der Waals surface area contributed by atoms with Gasteiger partial charge in [-0.3, -0.25) is 18.6 Å². The van der Waals surface area contributed by atoms with E-state index >= 15 is 0 Å². The first-order valence-electron chi connectivity index (χ1n) is 23.8. The van der Waals surface area contributed by atoms with Gasteiger partial charge < -0.3 is 20.1 Å². The molecule has 0 saturated carbocycles. The van der Waals surface area contributed by atoms with E-state index in [-0.39, 0.29) is 32.6 Å². The number of unbranched alkanes of at least 4 members (excludes halogenated alkanes) is 21. The van der Waals surface area contributed by atoms with Crippen molar-refractivity contribution in [2.75, 3.05) is 26.4 Å². The number of allylic oxidation sites excluding steroid dienone is 10. The molecule has 0 aromatic rings. The number of carbonyl (C=O) groups excluding carboxylic acids is 2. The summed E-state index contributed by atoms with van der Waals surface area (Å²) in [6, 6.07) is 0. The maximum Gasteiger partial charge on any atom is 0.472 e. The molecule has 0 aliphatic carbocycles. The largest absolute Gasteiger partial charge is 0.472 e. The molecule has 0 aromatic heterocycles. The molecule has 0 amide bonds. The maximum absolute atomic E-state index is 12.6. The lowest BCUT2D eigenvalue weighted by molar-refractivity contribution is -0.161. The molecule has 9 nitrogen and oxygen atoms in total. The minimum atomic E-state index is -4.39. The van der Waals surface area contributed by atoms with Crippen molar-refractivity contribution >= 4 is 19.8 Å². The van der Waals surface area contributed by atoms with Crippen LogP contribution in [-0.4, -0.2) is 49.3 Å². The van der Waals surface area contributed by atoms with Crippen molar-refractivity contribution in [1.29, 1.82) is 0 Å². The van der Waals surface area contributed by atoms with Crippen molar-refractivity contribution in [2.45, 2.75) is 213 Å². The van der Waals surface area contributed by atoms with Crippen molar-refractivity contribution in [3.63, 3.8) is 0 Å². The van der Waals surface area contributed by atoms with Gasteiger partial charge in [0.2, 0.25) is 0 Å². The lowest BCUT2D eigenvalue weighted by atomic mass is 10.1. The summed E-state index contributed by atoms with van der Waals surface area (Å²) in [5.41, 5.74) is 5.35. The Morgan fingerprint density at radius 3 is 1.37 bits per heavy atom. The number of hydrogen-bond acceptors (Lipinski definition) is 8. The van der Waals surface area contributed by atoms with Gasteiger partial charge in [0.25, 0.3) is 0 Å². The summed E-state index contributed by atoms with van der Waals surface area (Å²) < 4.78 is 32.8. The topological polar surface area (TPSA) is 134 Å². The monoisotopic (exact) mass is 850 g/mol. The predicted octanol–water partition coefficient (Wildman–Crippen LogP) is 14.1. The third-order valence-electron chi connectivity index (χ3n) is 9.88. The van der Waals surface area contributed by atoms with Gasteiger partial charge in [-0.1, -0.05) is 177 Å². The second-order valence-corrected chi connectivity index (χ2v) is 17.1. The van der Waals surface area contributed by atoms with E-state index < -0.39 is 32.5 Å². The van der Waals surface area contributed by atoms with Crippen LogP contribution in [0.4, 0.5) is 0 Å². The Hall–Kier alpha value is -2.29. The first-order valence-corrected chi connectivity index (χ1v) is 25.3. The quantitative estimate of drug-likeness (QED) is 0.0266. The molecule has 10 heteroatoms. The number of hydrogen-bond donors (Lipinski definition) is 2. The molecule has 0 aliphatic rings. The highest BCUT2D eigenvalue weighted by molar-refractivity contribution is 7.47. The molecule has 0 heterocycles. The van der Waals surface area contributed by atoms with E-state index in [1.165, 1.54) is 116 Å². The molecule has 0 saturated heterocycles. The molecule has 2 atom stereocenters. The number of esters is 2. The highest BCUT2D eigenvalue weighted by atomic mass is 31.2. The van der Waals surface area contributed by atoms with Crippen LogP contribution in [0.25, 0.3) is 0 Å². The van der Waals surface area contributed by atoms with Gasteiger partial charge in [-0.15, -0.1) is 0 Å². The molecule has 342 valence electrons. The zero-order valence-electron chi connectivity index (χ0n) is 37.7. The fourth-order valence-corrected chi connectivity index (χ4v) is 7.09. The summed E-state index contributed by atoms with van der Waals surface area (Å²) in [5, 5.41) is 0.